The van der Waals surface area contributed by atoms with E-state index >= 15 is 0 Å². The highest BCUT2D eigenvalue weighted by Gasteiger charge is 2.17. The van der Waals surface area contributed by atoms with Gasteiger partial charge in [-0.1, -0.05) is 18.2 Å². The second-order valence-electron chi connectivity index (χ2n) is 4.28. The first kappa shape index (κ1) is 14.7. The lowest BCUT2D eigenvalue weighted by Crippen LogP contribution is -2.06. The Kier molecular flexibility index (Phi) is 4.87. The van der Waals surface area contributed by atoms with E-state index in [1.54, 1.807) is 14.0 Å². The molecular weight excluding hydrogens is 274 g/mol. The first-order valence-corrected chi connectivity index (χ1v) is 7.20. The number of esters is 1. The Hall–Kier alpha value is -1.72. The van der Waals surface area contributed by atoms with Crippen LogP contribution in [0.15, 0.2) is 24.3 Å². The van der Waals surface area contributed by atoms with Gasteiger partial charge >= 0.3 is 5.97 Å². The summed E-state index contributed by atoms with van der Waals surface area (Å²) >= 11 is 1.50. The number of thiazole rings is 1. The lowest BCUT2D eigenvalue weighted by molar-refractivity contribution is 0.0519. The summed E-state index contributed by atoms with van der Waals surface area (Å²) in [5.74, 6) is -0.361. The van der Waals surface area contributed by atoms with E-state index in [1.807, 2.05) is 31.2 Å². The molecule has 0 aliphatic carbocycles. The number of rotatable bonds is 5. The lowest BCUT2D eigenvalue weighted by atomic mass is 10.1. The number of nitrogens with zero attached hydrogens (tertiary/aromatic N) is 1. The number of ether oxygens (including phenoxy) is 2. The van der Waals surface area contributed by atoms with Gasteiger partial charge in [-0.3, -0.25) is 0 Å². The molecule has 2 rings (SSSR count). The monoisotopic (exact) mass is 291 g/mol. The standard InChI is InChI=1S/C15H17NO3S/c1-4-19-15(17)13-10(2)20-14(16-13)12-7-5-6-11(8-12)9-18-3/h5-8H,4,9H2,1-3H3. The normalized spacial score (nSPS) is 10.6. The fraction of sp³-hybridized carbons (Fsp3) is 0.333. The molecule has 4 nitrogen and oxygen atoms in total. The minimum absolute atomic E-state index is 0.356. The highest BCUT2D eigenvalue weighted by molar-refractivity contribution is 7.15. The maximum Gasteiger partial charge on any atom is 0.358 e. The van der Waals surface area contributed by atoms with Gasteiger partial charge in [0.25, 0.3) is 0 Å². The highest BCUT2D eigenvalue weighted by atomic mass is 32.1. The van der Waals surface area contributed by atoms with E-state index in [4.69, 9.17) is 9.47 Å². The van der Waals surface area contributed by atoms with E-state index < -0.39 is 0 Å². The Labute approximate surface area is 122 Å². The zero-order valence-electron chi connectivity index (χ0n) is 11.8. The van der Waals surface area contributed by atoms with Gasteiger partial charge in [-0.2, -0.15) is 0 Å². The first-order valence-electron chi connectivity index (χ1n) is 6.38. The van der Waals surface area contributed by atoms with Crippen molar-refractivity contribution in [1.82, 2.24) is 4.98 Å². The largest absolute Gasteiger partial charge is 0.461 e. The zero-order valence-corrected chi connectivity index (χ0v) is 12.6. The van der Waals surface area contributed by atoms with Crippen LogP contribution in [0, 0.1) is 6.92 Å². The number of hydrogen-bond donors (Lipinski definition) is 0. The maximum absolute atomic E-state index is 11.8. The summed E-state index contributed by atoms with van der Waals surface area (Å²) in [5, 5.41) is 0.823. The molecule has 0 N–H and O–H groups in total. The third-order valence-corrected chi connectivity index (χ3v) is 3.77. The molecule has 1 aromatic carbocycles. The van der Waals surface area contributed by atoms with Crippen molar-refractivity contribution in [3.63, 3.8) is 0 Å². The summed E-state index contributed by atoms with van der Waals surface area (Å²) in [4.78, 5) is 17.1. The predicted octanol–water partition coefficient (Wildman–Crippen LogP) is 3.44. The van der Waals surface area contributed by atoms with Crippen LogP contribution in [0.2, 0.25) is 0 Å². The van der Waals surface area contributed by atoms with E-state index in [9.17, 15) is 4.79 Å². The first-order chi connectivity index (χ1) is 9.65. The molecule has 0 unspecified atom stereocenters. The minimum Gasteiger partial charge on any atom is -0.461 e. The van der Waals surface area contributed by atoms with Gasteiger partial charge in [0.15, 0.2) is 5.69 Å². The van der Waals surface area contributed by atoms with Gasteiger partial charge in [-0.25, -0.2) is 9.78 Å². The predicted molar refractivity (Wildman–Crippen MR) is 79.0 cm³/mol. The minimum atomic E-state index is -0.361. The molecule has 20 heavy (non-hydrogen) atoms. The van der Waals surface area contributed by atoms with E-state index in [1.165, 1.54) is 11.3 Å². The molecule has 0 amide bonds. The van der Waals surface area contributed by atoms with Gasteiger partial charge in [-0.05, 0) is 25.5 Å². The molecule has 0 atom stereocenters. The number of hydrogen-bond acceptors (Lipinski definition) is 5. The molecule has 5 heteroatoms. The van der Waals surface area contributed by atoms with Crippen LogP contribution in [0.3, 0.4) is 0 Å². The van der Waals surface area contributed by atoms with Crippen LogP contribution >= 0.6 is 11.3 Å². The van der Waals surface area contributed by atoms with Crippen molar-refractivity contribution in [3.05, 3.63) is 40.4 Å². The zero-order chi connectivity index (χ0) is 14.5. The van der Waals surface area contributed by atoms with Crippen LogP contribution in [-0.2, 0) is 16.1 Å². The molecule has 0 radical (unpaired) electrons. The van der Waals surface area contributed by atoms with Crippen LogP contribution in [-0.4, -0.2) is 24.7 Å². The Bertz CT molecular complexity index is 607. The molecule has 0 bridgehead atoms. The summed E-state index contributed by atoms with van der Waals surface area (Å²) in [7, 11) is 1.67. The van der Waals surface area contributed by atoms with Gasteiger partial charge in [0.05, 0.1) is 13.2 Å². The van der Waals surface area contributed by atoms with Gasteiger partial charge < -0.3 is 9.47 Å². The number of aryl methyl sites for hydroxylation is 1. The molecule has 0 spiro atoms. The summed E-state index contributed by atoms with van der Waals surface area (Å²) < 4.78 is 10.1. The number of methoxy groups -OCH3 is 1. The van der Waals surface area contributed by atoms with E-state index in [2.05, 4.69) is 4.98 Å². The van der Waals surface area contributed by atoms with Crippen LogP contribution < -0.4 is 0 Å². The summed E-state index contributed by atoms with van der Waals surface area (Å²) in [6.07, 6.45) is 0. The molecule has 1 heterocycles. The third kappa shape index (κ3) is 3.23. The van der Waals surface area contributed by atoms with Crippen molar-refractivity contribution >= 4 is 17.3 Å². The SMILES string of the molecule is CCOC(=O)c1nc(-c2cccc(COC)c2)sc1C. The van der Waals surface area contributed by atoms with Crippen molar-refractivity contribution in [3.8, 4) is 10.6 Å². The lowest BCUT2D eigenvalue weighted by Gasteiger charge is -2.01. The maximum atomic E-state index is 11.8. The van der Waals surface area contributed by atoms with Crippen LogP contribution in [0.1, 0.15) is 27.9 Å². The highest BCUT2D eigenvalue weighted by Crippen LogP contribution is 2.28. The fourth-order valence-corrected chi connectivity index (χ4v) is 2.77. The molecule has 0 saturated carbocycles. The van der Waals surface area contributed by atoms with Crippen molar-refractivity contribution in [1.29, 1.82) is 0 Å². The second-order valence-corrected chi connectivity index (χ2v) is 5.48. The van der Waals surface area contributed by atoms with Crippen LogP contribution in [0.5, 0.6) is 0 Å². The number of carbonyl (C=O) groups is 1. The van der Waals surface area contributed by atoms with Crippen molar-refractivity contribution in [2.75, 3.05) is 13.7 Å². The summed E-state index contributed by atoms with van der Waals surface area (Å²) in [5.41, 5.74) is 2.47. The molecule has 0 saturated heterocycles. The molecule has 0 aliphatic heterocycles. The average Bonchev–Trinajstić information content (AvgIpc) is 2.82. The Balaban J connectivity index is 2.31. The molecule has 1 aromatic heterocycles. The van der Waals surface area contributed by atoms with Crippen LogP contribution in [0.4, 0.5) is 0 Å². The van der Waals surface area contributed by atoms with Gasteiger partial charge in [0, 0.05) is 17.6 Å². The third-order valence-electron chi connectivity index (χ3n) is 2.75. The Morgan fingerprint density at radius 3 is 2.90 bits per heavy atom. The smallest absolute Gasteiger partial charge is 0.358 e. The van der Waals surface area contributed by atoms with Gasteiger partial charge in [-0.15, -0.1) is 11.3 Å². The van der Waals surface area contributed by atoms with Gasteiger partial charge in [0.1, 0.15) is 5.01 Å². The van der Waals surface area contributed by atoms with Crippen molar-refractivity contribution in [2.24, 2.45) is 0 Å². The Morgan fingerprint density at radius 1 is 1.40 bits per heavy atom. The van der Waals surface area contributed by atoms with E-state index in [0.717, 1.165) is 21.0 Å². The van der Waals surface area contributed by atoms with E-state index in [-0.39, 0.29) is 5.97 Å². The molecule has 2 aromatic rings. The number of carbonyl (C=O) groups excluding carboxylic acids is 1. The second kappa shape index (κ2) is 6.63. The molecule has 106 valence electrons. The fourth-order valence-electron chi connectivity index (χ4n) is 1.87. The average molecular weight is 291 g/mol. The topological polar surface area (TPSA) is 48.4 Å². The van der Waals surface area contributed by atoms with Crippen LogP contribution in [0.25, 0.3) is 10.6 Å². The Morgan fingerprint density at radius 2 is 2.20 bits per heavy atom. The number of benzene rings is 1. The summed E-state index contributed by atoms with van der Waals surface area (Å²) in [6, 6.07) is 7.97. The summed E-state index contributed by atoms with van der Waals surface area (Å²) in [6.45, 7) is 4.58. The van der Waals surface area contributed by atoms with Crippen molar-refractivity contribution < 1.29 is 14.3 Å². The quantitative estimate of drug-likeness (QED) is 0.792. The van der Waals surface area contributed by atoms with Gasteiger partial charge in [0.2, 0.25) is 0 Å². The van der Waals surface area contributed by atoms with E-state index in [0.29, 0.717) is 18.9 Å². The molecule has 0 aliphatic rings. The molecule has 0 fully saturated rings. The molecular formula is C15H17NO3S. The van der Waals surface area contributed by atoms with Crippen molar-refractivity contribution in [2.45, 2.75) is 20.5 Å². The number of aromatic nitrogens is 1.